The highest BCUT2D eigenvalue weighted by Crippen LogP contribution is 1.99. The minimum atomic E-state index is -0.377. The molecule has 6 nitrogen and oxygen atoms in total. The van der Waals surface area contributed by atoms with Crippen molar-refractivity contribution in [1.82, 2.24) is 9.55 Å². The molecule has 1 aromatic heterocycles. The first-order valence-electron chi connectivity index (χ1n) is 4.94. The summed E-state index contributed by atoms with van der Waals surface area (Å²) in [6, 6.07) is 0. The van der Waals surface area contributed by atoms with Crippen LogP contribution in [0.15, 0.2) is 17.2 Å². The lowest BCUT2D eigenvalue weighted by atomic mass is 10.5. The number of aryl methyl sites for hydroxylation is 1. The summed E-state index contributed by atoms with van der Waals surface area (Å²) in [6.45, 7) is 2.07. The van der Waals surface area contributed by atoms with Crippen LogP contribution in [-0.2, 0) is 16.6 Å². The molecule has 0 saturated carbocycles. The molecule has 0 bridgehead atoms. The van der Waals surface area contributed by atoms with Crippen molar-refractivity contribution in [2.24, 2.45) is 7.05 Å². The summed E-state index contributed by atoms with van der Waals surface area (Å²) in [7, 11) is 3.26. The third-order valence-corrected chi connectivity index (χ3v) is 2.03. The summed E-state index contributed by atoms with van der Waals surface area (Å²) in [4.78, 5) is 28.3. The summed E-state index contributed by atoms with van der Waals surface area (Å²) in [5.74, 6) is -0.143. The van der Waals surface area contributed by atoms with Gasteiger partial charge in [-0.25, -0.2) is 4.98 Å². The molecule has 0 aliphatic carbocycles. The summed E-state index contributed by atoms with van der Waals surface area (Å²) in [5, 5.41) is 0. The highest BCUT2D eigenvalue weighted by atomic mass is 16.5. The van der Waals surface area contributed by atoms with Gasteiger partial charge in [0.2, 0.25) is 0 Å². The predicted octanol–water partition coefficient (Wildman–Crippen LogP) is -0.220. The fourth-order valence-corrected chi connectivity index (χ4v) is 1.22. The molecule has 0 aliphatic rings. The number of aromatic nitrogens is 2. The molecule has 16 heavy (non-hydrogen) atoms. The van der Waals surface area contributed by atoms with Gasteiger partial charge in [0.05, 0.1) is 6.61 Å². The van der Waals surface area contributed by atoms with Crippen LogP contribution in [0.25, 0.3) is 0 Å². The molecule has 0 aromatic carbocycles. The third kappa shape index (κ3) is 2.82. The first-order valence-corrected chi connectivity index (χ1v) is 4.94. The van der Waals surface area contributed by atoms with Crippen LogP contribution in [0.3, 0.4) is 0 Å². The highest BCUT2D eigenvalue weighted by molar-refractivity contribution is 5.75. The number of carbonyl (C=O) groups is 1. The van der Waals surface area contributed by atoms with E-state index in [0.29, 0.717) is 6.61 Å². The van der Waals surface area contributed by atoms with E-state index in [-0.39, 0.29) is 23.9 Å². The molecule has 0 fully saturated rings. The Morgan fingerprint density at radius 3 is 2.94 bits per heavy atom. The fourth-order valence-electron chi connectivity index (χ4n) is 1.22. The van der Waals surface area contributed by atoms with Crippen molar-refractivity contribution >= 4 is 11.8 Å². The molecule has 1 heterocycles. The van der Waals surface area contributed by atoms with Crippen LogP contribution in [0.2, 0.25) is 0 Å². The van der Waals surface area contributed by atoms with E-state index in [4.69, 9.17) is 4.74 Å². The van der Waals surface area contributed by atoms with E-state index in [1.807, 2.05) is 0 Å². The number of rotatable bonds is 4. The fraction of sp³-hybridized carbons (Fsp3) is 0.500. The van der Waals surface area contributed by atoms with Crippen molar-refractivity contribution in [2.75, 3.05) is 25.1 Å². The molecular formula is C10H15N3O3. The summed E-state index contributed by atoms with van der Waals surface area (Å²) >= 11 is 0. The molecule has 1 aromatic rings. The lowest BCUT2D eigenvalue weighted by Crippen LogP contribution is -2.34. The molecular weight excluding hydrogens is 210 g/mol. The Kier molecular flexibility index (Phi) is 4.04. The Morgan fingerprint density at radius 2 is 2.31 bits per heavy atom. The predicted molar refractivity (Wildman–Crippen MR) is 59.4 cm³/mol. The van der Waals surface area contributed by atoms with Gasteiger partial charge in [-0.15, -0.1) is 0 Å². The standard InChI is InChI=1S/C10H15N3O3/c1-4-16-8(14)7-13(3)9-10(15)12(2)6-5-11-9/h5-6H,4,7H2,1-3H3. The molecule has 0 spiro atoms. The monoisotopic (exact) mass is 225 g/mol. The number of hydrogen-bond acceptors (Lipinski definition) is 5. The molecule has 0 saturated heterocycles. The van der Waals surface area contributed by atoms with Crippen LogP contribution < -0.4 is 10.5 Å². The Labute approximate surface area is 93.5 Å². The van der Waals surface area contributed by atoms with E-state index in [1.165, 1.54) is 15.7 Å². The summed E-state index contributed by atoms with van der Waals surface area (Å²) in [5.41, 5.74) is -0.241. The van der Waals surface area contributed by atoms with E-state index in [1.54, 1.807) is 27.2 Å². The van der Waals surface area contributed by atoms with E-state index in [0.717, 1.165) is 0 Å². The Bertz CT molecular complexity index is 428. The van der Waals surface area contributed by atoms with E-state index >= 15 is 0 Å². The first kappa shape index (κ1) is 12.2. The van der Waals surface area contributed by atoms with Crippen LogP contribution in [0, 0.1) is 0 Å². The zero-order chi connectivity index (χ0) is 12.1. The molecule has 1 rings (SSSR count). The lowest BCUT2D eigenvalue weighted by molar-refractivity contribution is -0.141. The highest BCUT2D eigenvalue weighted by Gasteiger charge is 2.12. The number of anilines is 1. The maximum Gasteiger partial charge on any atom is 0.325 e. The Balaban J connectivity index is 2.81. The molecule has 0 atom stereocenters. The number of likely N-dealkylation sites (N-methyl/N-ethyl adjacent to an activating group) is 1. The van der Waals surface area contributed by atoms with Crippen LogP contribution in [0.4, 0.5) is 5.82 Å². The average Bonchev–Trinajstić information content (AvgIpc) is 2.22. The molecule has 6 heteroatoms. The van der Waals surface area contributed by atoms with Gasteiger partial charge < -0.3 is 14.2 Å². The van der Waals surface area contributed by atoms with Crippen molar-refractivity contribution in [1.29, 1.82) is 0 Å². The molecule has 0 radical (unpaired) electrons. The molecule has 0 aliphatic heterocycles. The second kappa shape index (κ2) is 5.29. The zero-order valence-corrected chi connectivity index (χ0v) is 9.64. The van der Waals surface area contributed by atoms with Gasteiger partial charge in [0.1, 0.15) is 6.54 Å². The lowest BCUT2D eigenvalue weighted by Gasteiger charge is -2.16. The van der Waals surface area contributed by atoms with Crippen molar-refractivity contribution in [2.45, 2.75) is 6.92 Å². The van der Waals surface area contributed by atoms with Crippen LogP contribution in [-0.4, -0.2) is 35.7 Å². The van der Waals surface area contributed by atoms with Crippen molar-refractivity contribution in [3.05, 3.63) is 22.7 Å². The van der Waals surface area contributed by atoms with Crippen molar-refractivity contribution in [3.8, 4) is 0 Å². The largest absolute Gasteiger partial charge is 0.465 e. The molecule has 0 N–H and O–H groups in total. The first-order chi connectivity index (χ1) is 7.56. The third-order valence-electron chi connectivity index (χ3n) is 2.03. The minimum Gasteiger partial charge on any atom is -0.465 e. The number of hydrogen-bond donors (Lipinski definition) is 0. The van der Waals surface area contributed by atoms with Gasteiger partial charge in [-0.2, -0.15) is 0 Å². The maximum atomic E-state index is 11.7. The van der Waals surface area contributed by atoms with Gasteiger partial charge in [0.15, 0.2) is 5.82 Å². The minimum absolute atomic E-state index is 0.0140. The zero-order valence-electron chi connectivity index (χ0n) is 9.64. The van der Waals surface area contributed by atoms with Crippen molar-refractivity contribution < 1.29 is 9.53 Å². The smallest absolute Gasteiger partial charge is 0.325 e. The topological polar surface area (TPSA) is 64.4 Å². The average molecular weight is 225 g/mol. The van der Waals surface area contributed by atoms with Gasteiger partial charge in [0.25, 0.3) is 5.56 Å². The van der Waals surface area contributed by atoms with Crippen LogP contribution >= 0.6 is 0 Å². The number of ether oxygens (including phenoxy) is 1. The number of nitrogens with zero attached hydrogens (tertiary/aromatic N) is 3. The second-order valence-electron chi connectivity index (χ2n) is 3.33. The molecule has 88 valence electrons. The van der Waals surface area contributed by atoms with E-state index in [2.05, 4.69) is 4.98 Å². The van der Waals surface area contributed by atoms with E-state index < -0.39 is 0 Å². The molecule has 0 amide bonds. The summed E-state index contributed by atoms with van der Waals surface area (Å²) in [6.07, 6.45) is 3.07. The van der Waals surface area contributed by atoms with Gasteiger partial charge in [-0.05, 0) is 6.92 Å². The number of esters is 1. The normalized spacial score (nSPS) is 9.94. The van der Waals surface area contributed by atoms with Gasteiger partial charge in [-0.3, -0.25) is 9.59 Å². The maximum absolute atomic E-state index is 11.7. The van der Waals surface area contributed by atoms with Gasteiger partial charge in [-0.1, -0.05) is 0 Å². The van der Waals surface area contributed by atoms with Gasteiger partial charge in [0, 0.05) is 26.5 Å². The number of carbonyl (C=O) groups excluding carboxylic acids is 1. The molecule has 0 unspecified atom stereocenters. The van der Waals surface area contributed by atoms with Crippen LogP contribution in [0.1, 0.15) is 6.92 Å². The summed E-state index contributed by atoms with van der Waals surface area (Å²) < 4.78 is 6.19. The van der Waals surface area contributed by atoms with E-state index in [9.17, 15) is 9.59 Å². The Morgan fingerprint density at radius 1 is 1.62 bits per heavy atom. The second-order valence-corrected chi connectivity index (χ2v) is 3.33. The Hall–Kier alpha value is -1.85. The SMILES string of the molecule is CCOC(=O)CN(C)c1nccn(C)c1=O. The quantitative estimate of drug-likeness (QED) is 0.663. The van der Waals surface area contributed by atoms with Crippen LogP contribution in [0.5, 0.6) is 0 Å². The van der Waals surface area contributed by atoms with Gasteiger partial charge >= 0.3 is 5.97 Å². The van der Waals surface area contributed by atoms with Crippen molar-refractivity contribution in [3.63, 3.8) is 0 Å².